The summed E-state index contributed by atoms with van der Waals surface area (Å²) in [5.74, 6) is -0.209. The summed E-state index contributed by atoms with van der Waals surface area (Å²) in [4.78, 5) is 27.1. The van der Waals surface area contributed by atoms with Crippen LogP contribution in [0.4, 0.5) is 15.8 Å². The molecule has 2 N–H and O–H groups in total. The van der Waals surface area contributed by atoms with Crippen molar-refractivity contribution in [2.75, 3.05) is 23.7 Å². The summed E-state index contributed by atoms with van der Waals surface area (Å²) in [5.41, 5.74) is 6.26. The molecule has 0 aromatic heterocycles. The molecule has 6 heteroatoms. The van der Waals surface area contributed by atoms with E-state index in [2.05, 4.69) is 27.7 Å². The van der Waals surface area contributed by atoms with Crippen LogP contribution in [0.5, 0.6) is 0 Å². The number of aryl methyl sites for hydroxylation is 1. The van der Waals surface area contributed by atoms with Gasteiger partial charge in [-0.25, -0.2) is 4.39 Å². The lowest BCUT2D eigenvalue weighted by molar-refractivity contribution is -0.116. The van der Waals surface area contributed by atoms with Gasteiger partial charge >= 0.3 is 0 Å². The van der Waals surface area contributed by atoms with Crippen molar-refractivity contribution >= 4 is 23.2 Å². The van der Waals surface area contributed by atoms with Crippen LogP contribution < -0.4 is 10.6 Å². The highest BCUT2D eigenvalue weighted by molar-refractivity contribution is 6.05. The lowest BCUT2D eigenvalue weighted by Gasteiger charge is -2.29. The highest BCUT2D eigenvalue weighted by atomic mass is 19.1. The van der Waals surface area contributed by atoms with E-state index in [0.29, 0.717) is 56.6 Å². The molecule has 1 saturated heterocycles. The maximum atomic E-state index is 13.6. The fourth-order valence-corrected chi connectivity index (χ4v) is 4.72. The van der Waals surface area contributed by atoms with Crippen LogP contribution in [0.25, 0.3) is 11.1 Å². The lowest BCUT2D eigenvalue weighted by Crippen LogP contribution is -2.34. The lowest BCUT2D eigenvalue weighted by atomic mass is 9.96. The van der Waals surface area contributed by atoms with E-state index in [9.17, 15) is 14.0 Å². The Bertz CT molecular complexity index is 1200. The van der Waals surface area contributed by atoms with Crippen LogP contribution in [-0.2, 0) is 17.8 Å². The maximum absolute atomic E-state index is 13.6. The molecule has 2 aliphatic heterocycles. The quantitative estimate of drug-likeness (QED) is 0.538. The van der Waals surface area contributed by atoms with Crippen LogP contribution >= 0.6 is 0 Å². The van der Waals surface area contributed by atoms with E-state index in [1.165, 1.54) is 0 Å². The number of amides is 2. The summed E-state index contributed by atoms with van der Waals surface area (Å²) in [6.45, 7) is 2.10. The molecule has 0 radical (unpaired) electrons. The third-order valence-electron chi connectivity index (χ3n) is 6.63. The van der Waals surface area contributed by atoms with Gasteiger partial charge < -0.3 is 10.6 Å². The summed E-state index contributed by atoms with van der Waals surface area (Å²) in [5, 5.41) is 5.84. The number of nitrogens with zero attached hydrogens (tertiary/aromatic N) is 1. The monoisotopic (exact) mass is 457 g/mol. The molecule has 3 aromatic rings. The zero-order valence-corrected chi connectivity index (χ0v) is 19.0. The topological polar surface area (TPSA) is 61.4 Å². The fraction of sp³-hybridized carbons (Fsp3) is 0.286. The number of hydrogen-bond donors (Lipinski definition) is 2. The highest BCUT2D eigenvalue weighted by Gasteiger charge is 2.21. The predicted octanol–water partition coefficient (Wildman–Crippen LogP) is 5.42. The van der Waals surface area contributed by atoms with Crippen LogP contribution in [0.2, 0.25) is 0 Å². The van der Waals surface area contributed by atoms with Gasteiger partial charge in [0.1, 0.15) is 6.17 Å². The molecule has 34 heavy (non-hydrogen) atoms. The number of benzene rings is 3. The molecule has 0 unspecified atom stereocenters. The van der Waals surface area contributed by atoms with Crippen LogP contribution in [-0.4, -0.2) is 36.0 Å². The smallest absolute Gasteiger partial charge is 0.255 e. The number of nitrogens with one attached hydrogen (secondary N) is 2. The van der Waals surface area contributed by atoms with Gasteiger partial charge in [-0.2, -0.15) is 0 Å². The third-order valence-corrected chi connectivity index (χ3v) is 6.63. The Kier molecular flexibility index (Phi) is 6.41. The molecule has 0 bridgehead atoms. The zero-order chi connectivity index (χ0) is 23.5. The Morgan fingerprint density at radius 1 is 1.00 bits per heavy atom. The number of fused-ring (bicyclic) bond motifs is 1. The summed E-state index contributed by atoms with van der Waals surface area (Å²) < 4.78 is 13.6. The van der Waals surface area contributed by atoms with Crippen molar-refractivity contribution in [3.8, 4) is 11.1 Å². The highest BCUT2D eigenvalue weighted by Crippen LogP contribution is 2.29. The van der Waals surface area contributed by atoms with Crippen molar-refractivity contribution in [3.05, 3.63) is 83.4 Å². The second-order valence-electron chi connectivity index (χ2n) is 9.06. The summed E-state index contributed by atoms with van der Waals surface area (Å²) >= 11 is 0. The molecular formula is C28H28FN3O2. The van der Waals surface area contributed by atoms with E-state index < -0.39 is 6.17 Å². The minimum Gasteiger partial charge on any atom is -0.326 e. The number of piperidine rings is 1. The van der Waals surface area contributed by atoms with Crippen LogP contribution in [0, 0.1) is 0 Å². The summed E-state index contributed by atoms with van der Waals surface area (Å²) in [6, 6.07) is 21.5. The van der Waals surface area contributed by atoms with Gasteiger partial charge in [-0.15, -0.1) is 0 Å². The van der Waals surface area contributed by atoms with E-state index in [-0.39, 0.29) is 11.8 Å². The van der Waals surface area contributed by atoms with E-state index >= 15 is 0 Å². The fourth-order valence-electron chi connectivity index (χ4n) is 4.72. The summed E-state index contributed by atoms with van der Waals surface area (Å²) in [7, 11) is 0. The molecule has 2 amide bonds. The number of halogens is 1. The minimum atomic E-state index is -0.719. The van der Waals surface area contributed by atoms with Gasteiger partial charge in [-0.1, -0.05) is 42.5 Å². The Hall–Kier alpha value is -3.51. The van der Waals surface area contributed by atoms with E-state index in [1.807, 2.05) is 54.6 Å². The molecule has 174 valence electrons. The number of carbonyl (C=O) groups is 2. The Morgan fingerprint density at radius 2 is 1.79 bits per heavy atom. The number of alkyl halides is 1. The number of hydrogen-bond acceptors (Lipinski definition) is 3. The van der Waals surface area contributed by atoms with E-state index in [4.69, 9.17) is 0 Å². The average Bonchev–Trinajstić information content (AvgIpc) is 2.85. The first-order valence-electron chi connectivity index (χ1n) is 11.8. The normalized spacial score (nSPS) is 16.6. The molecular weight excluding hydrogens is 429 g/mol. The SMILES string of the molecule is O=C1CCc2ccc(NC(=O)c3ccc(-c4ccccc4)c(CN4CCC(F)CC4)c3)cc2N1. The molecule has 5 rings (SSSR count). The van der Waals surface area contributed by atoms with Crippen molar-refractivity contribution in [2.45, 2.75) is 38.4 Å². The Labute approximate surface area is 199 Å². The molecule has 0 atom stereocenters. The number of rotatable bonds is 5. The molecule has 1 fully saturated rings. The average molecular weight is 458 g/mol. The molecule has 0 spiro atoms. The largest absolute Gasteiger partial charge is 0.326 e. The first kappa shape index (κ1) is 22.3. The predicted molar refractivity (Wildman–Crippen MR) is 133 cm³/mol. The summed E-state index contributed by atoms with van der Waals surface area (Å²) in [6.07, 6.45) is 1.58. The number of likely N-dealkylation sites (tertiary alicyclic amines) is 1. The van der Waals surface area contributed by atoms with Gasteiger partial charge in [0.2, 0.25) is 5.91 Å². The van der Waals surface area contributed by atoms with Gasteiger partial charge in [0.15, 0.2) is 0 Å². The first-order chi connectivity index (χ1) is 16.5. The van der Waals surface area contributed by atoms with Crippen molar-refractivity contribution in [1.82, 2.24) is 4.90 Å². The molecule has 3 aromatic carbocycles. The van der Waals surface area contributed by atoms with Crippen molar-refractivity contribution in [3.63, 3.8) is 0 Å². The molecule has 0 aliphatic carbocycles. The van der Waals surface area contributed by atoms with E-state index in [0.717, 1.165) is 27.9 Å². The van der Waals surface area contributed by atoms with Gasteiger partial charge in [-0.3, -0.25) is 14.5 Å². The van der Waals surface area contributed by atoms with E-state index in [1.54, 1.807) is 0 Å². The van der Waals surface area contributed by atoms with Crippen LogP contribution in [0.1, 0.15) is 40.7 Å². The van der Waals surface area contributed by atoms with Crippen molar-refractivity contribution < 1.29 is 14.0 Å². The molecule has 2 aliphatic rings. The number of anilines is 2. The minimum absolute atomic E-state index is 0.00564. The van der Waals surface area contributed by atoms with Gasteiger partial charge in [0.25, 0.3) is 5.91 Å². The second-order valence-corrected chi connectivity index (χ2v) is 9.06. The maximum Gasteiger partial charge on any atom is 0.255 e. The second kappa shape index (κ2) is 9.77. The Balaban J connectivity index is 1.39. The first-order valence-corrected chi connectivity index (χ1v) is 11.8. The van der Waals surface area contributed by atoms with Crippen molar-refractivity contribution in [2.24, 2.45) is 0 Å². The third kappa shape index (κ3) is 5.02. The molecule has 2 heterocycles. The van der Waals surface area contributed by atoms with Crippen molar-refractivity contribution in [1.29, 1.82) is 0 Å². The van der Waals surface area contributed by atoms with Gasteiger partial charge in [-0.05, 0) is 65.8 Å². The van der Waals surface area contributed by atoms with Crippen LogP contribution in [0.3, 0.4) is 0 Å². The van der Waals surface area contributed by atoms with Crippen LogP contribution in [0.15, 0.2) is 66.7 Å². The number of carbonyl (C=O) groups excluding carboxylic acids is 2. The Morgan fingerprint density at radius 3 is 2.59 bits per heavy atom. The standard InChI is InChI=1S/C28H28FN3O2/c29-23-12-14-32(15-13-23)18-22-16-21(7-10-25(22)19-4-2-1-3-5-19)28(34)30-24-9-6-20-8-11-27(33)31-26(20)17-24/h1-7,9-10,16-17,23H,8,11-15,18H2,(H,30,34)(H,31,33). The molecule has 5 nitrogen and oxygen atoms in total. The van der Waals surface area contributed by atoms with Gasteiger partial charge in [0, 0.05) is 43.0 Å². The van der Waals surface area contributed by atoms with Gasteiger partial charge in [0.05, 0.1) is 0 Å². The molecule has 0 saturated carbocycles. The zero-order valence-electron chi connectivity index (χ0n) is 19.0.